The van der Waals surface area contributed by atoms with Crippen molar-refractivity contribution in [1.82, 2.24) is 4.90 Å². The van der Waals surface area contributed by atoms with E-state index in [2.05, 4.69) is 0 Å². The minimum absolute atomic E-state index is 0.132. The highest BCUT2D eigenvalue weighted by atomic mass is 32.2. The van der Waals surface area contributed by atoms with Gasteiger partial charge in [-0.15, -0.1) is 0 Å². The normalized spacial score (nSPS) is 11.5. The molecular formula is C20H23NO5S. The largest absolute Gasteiger partial charge is 0.383 e. The summed E-state index contributed by atoms with van der Waals surface area (Å²) < 4.78 is 32.2. The number of hydrogen-bond donors (Lipinski definition) is 0. The topological polar surface area (TPSA) is 72.9 Å². The van der Waals surface area contributed by atoms with Crippen LogP contribution in [0.4, 0.5) is 0 Å². The summed E-state index contributed by atoms with van der Waals surface area (Å²) in [6.45, 7) is 1.23. The zero-order valence-corrected chi connectivity index (χ0v) is 16.2. The maximum atomic E-state index is 12.6. The van der Waals surface area contributed by atoms with Crippen molar-refractivity contribution in [2.45, 2.75) is 6.54 Å². The molecule has 0 aromatic heterocycles. The third-order valence-electron chi connectivity index (χ3n) is 3.64. The first-order valence-corrected chi connectivity index (χ1v) is 10.2. The molecule has 0 radical (unpaired) electrons. The Morgan fingerprint density at radius 1 is 1.07 bits per heavy atom. The van der Waals surface area contributed by atoms with Gasteiger partial charge in [0.1, 0.15) is 5.75 Å². The summed E-state index contributed by atoms with van der Waals surface area (Å²) in [7, 11) is -1.98. The van der Waals surface area contributed by atoms with E-state index in [0.717, 1.165) is 17.4 Å². The molecule has 0 saturated heterocycles. The zero-order valence-electron chi connectivity index (χ0n) is 15.4. The molecule has 0 atom stereocenters. The number of rotatable bonds is 9. The van der Waals surface area contributed by atoms with E-state index in [9.17, 15) is 13.2 Å². The molecule has 0 aliphatic heterocycles. The van der Waals surface area contributed by atoms with Gasteiger partial charge in [-0.2, -0.15) is 8.42 Å². The number of nitrogens with zero attached hydrogens (tertiary/aromatic N) is 1. The van der Waals surface area contributed by atoms with Gasteiger partial charge in [-0.25, -0.2) is 0 Å². The molecule has 0 saturated carbocycles. The Hall–Kier alpha value is -2.64. The van der Waals surface area contributed by atoms with Gasteiger partial charge in [0.25, 0.3) is 0 Å². The van der Waals surface area contributed by atoms with Crippen LogP contribution in [-0.2, 0) is 26.2 Å². The molecule has 27 heavy (non-hydrogen) atoms. The fourth-order valence-corrected chi connectivity index (χ4v) is 2.81. The number of carbonyl (C=O) groups excluding carboxylic acids is 1. The van der Waals surface area contributed by atoms with Crippen molar-refractivity contribution in [3.8, 4) is 5.75 Å². The molecule has 0 spiro atoms. The van der Waals surface area contributed by atoms with Crippen LogP contribution in [0.3, 0.4) is 0 Å². The van der Waals surface area contributed by atoms with Gasteiger partial charge in [0.2, 0.25) is 5.91 Å². The number of methoxy groups -OCH3 is 1. The van der Waals surface area contributed by atoms with Gasteiger partial charge in [-0.05, 0) is 29.3 Å². The smallest absolute Gasteiger partial charge is 0.306 e. The average Bonchev–Trinajstić information content (AvgIpc) is 2.64. The minimum Gasteiger partial charge on any atom is -0.383 e. The lowest BCUT2D eigenvalue weighted by atomic mass is 10.2. The van der Waals surface area contributed by atoms with Crippen LogP contribution in [0.15, 0.2) is 60.7 Å². The van der Waals surface area contributed by atoms with Gasteiger partial charge in [-0.1, -0.05) is 42.5 Å². The second-order valence-corrected chi connectivity index (χ2v) is 7.50. The summed E-state index contributed by atoms with van der Waals surface area (Å²) >= 11 is 0. The molecule has 0 aliphatic rings. The highest BCUT2D eigenvalue weighted by Crippen LogP contribution is 2.15. The summed E-state index contributed by atoms with van der Waals surface area (Å²) in [6.07, 6.45) is 4.29. The van der Waals surface area contributed by atoms with E-state index < -0.39 is 10.1 Å². The fourth-order valence-electron chi connectivity index (χ4n) is 2.35. The molecule has 144 valence electrons. The molecule has 0 unspecified atom stereocenters. The van der Waals surface area contributed by atoms with Crippen LogP contribution >= 0.6 is 0 Å². The predicted octanol–water partition coefficient (Wildman–Crippen LogP) is 2.71. The molecule has 0 fully saturated rings. The monoisotopic (exact) mass is 389 g/mol. The Bertz CT molecular complexity index is 861. The van der Waals surface area contributed by atoms with Crippen molar-refractivity contribution in [1.29, 1.82) is 0 Å². The quantitative estimate of drug-likeness (QED) is 0.487. The Balaban J connectivity index is 2.06. The standard InChI is InChI=1S/C20H23NO5S/c1-25-15-14-21(20(22)13-10-17-6-4-3-5-7-17)16-18-8-11-19(12-9-18)26-27(2,23)24/h3-13H,14-16H2,1-2H3/b13-10+. The molecule has 7 heteroatoms. The first-order valence-electron chi connectivity index (χ1n) is 8.37. The molecule has 0 bridgehead atoms. The van der Waals surface area contributed by atoms with Crippen LogP contribution < -0.4 is 4.18 Å². The lowest BCUT2D eigenvalue weighted by Gasteiger charge is -2.21. The van der Waals surface area contributed by atoms with Crippen LogP contribution in [0.25, 0.3) is 6.08 Å². The van der Waals surface area contributed by atoms with Crippen LogP contribution in [0.2, 0.25) is 0 Å². The Morgan fingerprint density at radius 2 is 1.74 bits per heavy atom. The summed E-state index contributed by atoms with van der Waals surface area (Å²) in [6, 6.07) is 16.2. The first-order chi connectivity index (χ1) is 12.9. The highest BCUT2D eigenvalue weighted by Gasteiger charge is 2.12. The van der Waals surface area contributed by atoms with Gasteiger partial charge >= 0.3 is 10.1 Å². The molecular weight excluding hydrogens is 366 g/mol. The van der Waals surface area contributed by atoms with E-state index >= 15 is 0 Å². The molecule has 0 N–H and O–H groups in total. The minimum atomic E-state index is -3.56. The van der Waals surface area contributed by atoms with Gasteiger partial charge in [0, 0.05) is 26.3 Å². The second-order valence-electron chi connectivity index (χ2n) is 5.93. The number of hydrogen-bond acceptors (Lipinski definition) is 5. The van der Waals surface area contributed by atoms with Gasteiger partial charge in [0.15, 0.2) is 0 Å². The Morgan fingerprint density at radius 3 is 2.33 bits per heavy atom. The SMILES string of the molecule is COCCN(Cc1ccc(OS(C)(=O)=O)cc1)C(=O)/C=C/c1ccccc1. The van der Waals surface area contributed by atoms with Gasteiger partial charge < -0.3 is 13.8 Å². The van der Waals surface area contributed by atoms with Crippen molar-refractivity contribution in [3.05, 3.63) is 71.8 Å². The van der Waals surface area contributed by atoms with Crippen molar-refractivity contribution >= 4 is 22.1 Å². The number of amides is 1. The lowest BCUT2D eigenvalue weighted by Crippen LogP contribution is -2.32. The number of ether oxygens (including phenoxy) is 1. The van der Waals surface area contributed by atoms with Crippen LogP contribution in [0.5, 0.6) is 5.75 Å². The third kappa shape index (κ3) is 7.64. The van der Waals surface area contributed by atoms with Gasteiger partial charge in [0.05, 0.1) is 12.9 Å². The first kappa shape index (κ1) is 20.7. The fraction of sp³-hybridized carbons (Fsp3) is 0.250. The molecule has 2 aromatic carbocycles. The van der Waals surface area contributed by atoms with Crippen LogP contribution in [-0.4, -0.2) is 45.7 Å². The van der Waals surface area contributed by atoms with Crippen molar-refractivity contribution < 1.29 is 22.1 Å². The number of benzene rings is 2. The summed E-state index contributed by atoms with van der Waals surface area (Å²) in [5.41, 5.74) is 1.80. The van der Waals surface area contributed by atoms with E-state index in [4.69, 9.17) is 8.92 Å². The summed E-state index contributed by atoms with van der Waals surface area (Å²) in [4.78, 5) is 14.2. The molecule has 2 aromatic rings. The van der Waals surface area contributed by atoms with E-state index in [1.54, 1.807) is 42.4 Å². The molecule has 2 rings (SSSR count). The lowest BCUT2D eigenvalue weighted by molar-refractivity contribution is -0.127. The molecule has 0 heterocycles. The summed E-state index contributed by atoms with van der Waals surface area (Å²) in [5, 5.41) is 0. The average molecular weight is 389 g/mol. The maximum absolute atomic E-state index is 12.6. The van der Waals surface area contributed by atoms with E-state index in [0.29, 0.717) is 19.7 Å². The van der Waals surface area contributed by atoms with E-state index in [1.165, 1.54) is 6.08 Å². The third-order valence-corrected chi connectivity index (χ3v) is 4.13. The highest BCUT2D eigenvalue weighted by molar-refractivity contribution is 7.86. The Labute approximate surface area is 160 Å². The van der Waals surface area contributed by atoms with Crippen LogP contribution in [0.1, 0.15) is 11.1 Å². The zero-order chi connectivity index (χ0) is 19.7. The van der Waals surface area contributed by atoms with Crippen molar-refractivity contribution in [2.24, 2.45) is 0 Å². The second kappa shape index (κ2) is 9.89. The predicted molar refractivity (Wildman–Crippen MR) is 105 cm³/mol. The van der Waals surface area contributed by atoms with E-state index in [-0.39, 0.29) is 11.7 Å². The summed E-state index contributed by atoms with van der Waals surface area (Å²) in [5.74, 6) is 0.104. The van der Waals surface area contributed by atoms with Crippen molar-refractivity contribution in [3.63, 3.8) is 0 Å². The molecule has 0 aliphatic carbocycles. The van der Waals surface area contributed by atoms with E-state index in [1.807, 2.05) is 30.3 Å². The molecule has 6 nitrogen and oxygen atoms in total. The maximum Gasteiger partial charge on any atom is 0.306 e. The van der Waals surface area contributed by atoms with Crippen LogP contribution in [0, 0.1) is 0 Å². The molecule has 1 amide bonds. The van der Waals surface area contributed by atoms with Crippen molar-refractivity contribution in [2.75, 3.05) is 26.5 Å². The Kier molecular flexibility index (Phi) is 7.57. The number of carbonyl (C=O) groups is 1. The van der Waals surface area contributed by atoms with Gasteiger partial charge in [-0.3, -0.25) is 4.79 Å².